The molecule has 72 valence electrons. The second kappa shape index (κ2) is 7.76. The third-order valence-electron chi connectivity index (χ3n) is 1.29. The topological polar surface area (TPSA) is 46.5 Å². The molecule has 5 heteroatoms. The maximum Gasteiger partial charge on any atom is 0.319 e. The van der Waals surface area contributed by atoms with Gasteiger partial charge in [0.2, 0.25) is 0 Å². The molecular formula is C7H14O3S2. The van der Waals surface area contributed by atoms with Crippen LogP contribution in [0.2, 0.25) is 0 Å². The average Bonchev–Trinajstić information content (AvgIpc) is 2.10. The van der Waals surface area contributed by atoms with Crippen LogP contribution in [0.1, 0.15) is 19.8 Å². The van der Waals surface area contributed by atoms with Crippen molar-refractivity contribution in [3.8, 4) is 0 Å². The summed E-state index contributed by atoms with van der Waals surface area (Å²) < 4.78 is 4.88. The zero-order chi connectivity index (χ0) is 9.40. The molecule has 1 atom stereocenters. The Kier molecular flexibility index (Phi) is 7.85. The number of aliphatic hydroxyl groups excluding tert-OH is 1. The number of esters is 1. The molecule has 0 fully saturated rings. The monoisotopic (exact) mass is 210 g/mol. The summed E-state index contributed by atoms with van der Waals surface area (Å²) in [5, 5.41) is 8.21. The third-order valence-corrected chi connectivity index (χ3v) is 2.74. The van der Waals surface area contributed by atoms with Gasteiger partial charge in [-0.25, -0.2) is 0 Å². The molecular weight excluding hydrogens is 196 g/mol. The largest absolute Gasteiger partial charge is 0.465 e. The molecule has 1 N–H and O–H groups in total. The number of thiol groups is 1. The lowest BCUT2D eigenvalue weighted by molar-refractivity contribution is -0.142. The zero-order valence-corrected chi connectivity index (χ0v) is 8.74. The lowest BCUT2D eigenvalue weighted by Gasteiger charge is -2.07. The highest BCUT2D eigenvalue weighted by Crippen LogP contribution is 2.15. The first-order chi connectivity index (χ1) is 5.72. The predicted octanol–water partition coefficient (Wildman–Crippen LogP) is 1.27. The molecule has 0 aliphatic carbocycles. The summed E-state index contributed by atoms with van der Waals surface area (Å²) in [6.07, 6.45) is 1.39. The van der Waals surface area contributed by atoms with Crippen LogP contribution < -0.4 is 0 Å². The third kappa shape index (κ3) is 5.74. The van der Waals surface area contributed by atoms with Gasteiger partial charge >= 0.3 is 5.97 Å². The van der Waals surface area contributed by atoms with E-state index in [2.05, 4.69) is 11.7 Å². The van der Waals surface area contributed by atoms with E-state index >= 15 is 0 Å². The summed E-state index contributed by atoms with van der Waals surface area (Å²) in [5.74, 6) is -0.243. The first-order valence-electron chi connectivity index (χ1n) is 3.80. The molecule has 0 rings (SSSR count). The van der Waals surface area contributed by atoms with Gasteiger partial charge in [-0.05, 0) is 19.8 Å². The Hall–Kier alpha value is 0.130. The Morgan fingerprint density at radius 2 is 2.33 bits per heavy atom. The number of aliphatic hydroxyl groups is 1. The van der Waals surface area contributed by atoms with Crippen LogP contribution in [0, 0.1) is 0 Å². The summed E-state index contributed by atoms with van der Waals surface area (Å²) in [4.78, 5) is 11.0. The first kappa shape index (κ1) is 12.1. The van der Waals surface area contributed by atoms with E-state index in [0.717, 1.165) is 0 Å². The predicted molar refractivity (Wildman–Crippen MR) is 53.3 cm³/mol. The molecule has 0 aliphatic heterocycles. The van der Waals surface area contributed by atoms with Gasteiger partial charge in [0.05, 0.1) is 6.61 Å². The molecule has 0 bridgehead atoms. The van der Waals surface area contributed by atoms with Crippen LogP contribution in [0.25, 0.3) is 0 Å². The van der Waals surface area contributed by atoms with Crippen molar-refractivity contribution in [1.29, 1.82) is 0 Å². The Balaban J connectivity index is 3.31. The van der Waals surface area contributed by atoms with Gasteiger partial charge in [-0.15, -0.1) is 11.7 Å². The molecule has 0 aromatic heterocycles. The Bertz CT molecular complexity index is 130. The fraction of sp³-hybridized carbons (Fsp3) is 0.857. The van der Waals surface area contributed by atoms with Crippen molar-refractivity contribution in [3.63, 3.8) is 0 Å². The van der Waals surface area contributed by atoms with Gasteiger partial charge in [0.15, 0.2) is 0 Å². The first-order valence-corrected chi connectivity index (χ1v) is 5.73. The molecule has 0 saturated carbocycles. The van der Waals surface area contributed by atoms with Gasteiger partial charge in [-0.3, -0.25) is 4.79 Å². The number of ether oxygens (including phenoxy) is 1. The molecule has 3 nitrogen and oxygen atoms in total. The average molecular weight is 210 g/mol. The minimum Gasteiger partial charge on any atom is -0.465 e. The number of unbranched alkanes of at least 4 members (excludes halogenated alkanes) is 1. The molecule has 1 unspecified atom stereocenters. The minimum atomic E-state index is -0.243. The van der Waals surface area contributed by atoms with Crippen LogP contribution >= 0.6 is 22.5 Å². The number of rotatable bonds is 6. The quantitative estimate of drug-likeness (QED) is 0.300. The normalized spacial score (nSPS) is 12.6. The van der Waals surface area contributed by atoms with Gasteiger partial charge in [0, 0.05) is 6.61 Å². The van der Waals surface area contributed by atoms with Gasteiger partial charge in [0.25, 0.3) is 0 Å². The molecule has 0 aromatic rings. The second-order valence-corrected chi connectivity index (χ2v) is 3.90. The standard InChI is InChI=1S/C7H14O3S2/c1-6(12-11)7(9)10-5-3-2-4-8/h6,8,11H,2-5H2,1H3. The van der Waals surface area contributed by atoms with Crippen molar-refractivity contribution >= 4 is 28.4 Å². The smallest absolute Gasteiger partial charge is 0.319 e. The highest BCUT2D eigenvalue weighted by molar-refractivity contribution is 8.69. The van der Waals surface area contributed by atoms with Gasteiger partial charge in [0.1, 0.15) is 5.25 Å². The number of hydrogen-bond acceptors (Lipinski definition) is 5. The van der Waals surface area contributed by atoms with E-state index in [9.17, 15) is 4.79 Å². The van der Waals surface area contributed by atoms with E-state index in [-0.39, 0.29) is 17.8 Å². The summed E-state index contributed by atoms with van der Waals surface area (Å²) in [6, 6.07) is 0. The Morgan fingerprint density at radius 1 is 1.67 bits per heavy atom. The molecule has 0 radical (unpaired) electrons. The van der Waals surface area contributed by atoms with E-state index in [4.69, 9.17) is 9.84 Å². The van der Waals surface area contributed by atoms with Crippen LogP contribution in [-0.4, -0.2) is 29.5 Å². The van der Waals surface area contributed by atoms with Crippen LogP contribution in [0.4, 0.5) is 0 Å². The van der Waals surface area contributed by atoms with Crippen molar-refractivity contribution in [2.24, 2.45) is 0 Å². The maximum atomic E-state index is 11.0. The molecule has 0 aromatic carbocycles. The van der Waals surface area contributed by atoms with E-state index in [1.165, 1.54) is 10.8 Å². The lowest BCUT2D eigenvalue weighted by Crippen LogP contribution is -2.16. The summed E-state index contributed by atoms with van der Waals surface area (Å²) in [6.45, 7) is 2.28. The van der Waals surface area contributed by atoms with Crippen molar-refractivity contribution in [1.82, 2.24) is 0 Å². The summed E-state index contributed by atoms with van der Waals surface area (Å²) in [7, 11) is 1.17. The molecule has 0 amide bonds. The van der Waals surface area contributed by atoms with Crippen LogP contribution in [-0.2, 0) is 9.53 Å². The van der Waals surface area contributed by atoms with Crippen molar-refractivity contribution in [2.45, 2.75) is 25.0 Å². The molecule has 0 heterocycles. The van der Waals surface area contributed by atoms with E-state index in [1.807, 2.05) is 0 Å². The Labute approximate surface area is 81.7 Å². The van der Waals surface area contributed by atoms with Crippen LogP contribution in [0.15, 0.2) is 0 Å². The molecule has 12 heavy (non-hydrogen) atoms. The zero-order valence-electron chi connectivity index (χ0n) is 7.02. The van der Waals surface area contributed by atoms with Crippen molar-refractivity contribution < 1.29 is 14.6 Å². The van der Waals surface area contributed by atoms with Gasteiger partial charge < -0.3 is 9.84 Å². The minimum absolute atomic E-state index is 0.147. The van der Waals surface area contributed by atoms with Crippen molar-refractivity contribution in [3.05, 3.63) is 0 Å². The van der Waals surface area contributed by atoms with Crippen LogP contribution in [0.3, 0.4) is 0 Å². The highest BCUT2D eigenvalue weighted by Gasteiger charge is 2.12. The summed E-state index contributed by atoms with van der Waals surface area (Å²) >= 11 is 3.89. The molecule has 0 saturated heterocycles. The highest BCUT2D eigenvalue weighted by atomic mass is 33.1. The van der Waals surface area contributed by atoms with Gasteiger partial charge in [-0.1, -0.05) is 10.8 Å². The van der Waals surface area contributed by atoms with Crippen molar-refractivity contribution in [2.75, 3.05) is 13.2 Å². The number of carbonyl (C=O) groups is 1. The second-order valence-electron chi connectivity index (χ2n) is 2.35. The maximum absolute atomic E-state index is 11.0. The molecule has 0 spiro atoms. The number of carbonyl (C=O) groups excluding carboxylic acids is 1. The molecule has 0 aliphatic rings. The number of hydrogen-bond donors (Lipinski definition) is 2. The van der Waals surface area contributed by atoms with Gasteiger partial charge in [-0.2, -0.15) is 0 Å². The summed E-state index contributed by atoms with van der Waals surface area (Å²) in [5.41, 5.74) is 0. The van der Waals surface area contributed by atoms with E-state index in [0.29, 0.717) is 19.4 Å². The SMILES string of the molecule is CC(SS)C(=O)OCCCCO. The Morgan fingerprint density at radius 3 is 2.83 bits per heavy atom. The van der Waals surface area contributed by atoms with E-state index < -0.39 is 0 Å². The fourth-order valence-electron chi connectivity index (χ4n) is 0.547. The van der Waals surface area contributed by atoms with E-state index in [1.54, 1.807) is 6.92 Å². The van der Waals surface area contributed by atoms with Crippen LogP contribution in [0.5, 0.6) is 0 Å². The lowest BCUT2D eigenvalue weighted by atomic mass is 10.3. The fourth-order valence-corrected chi connectivity index (χ4v) is 0.959.